The van der Waals surface area contributed by atoms with Crippen molar-refractivity contribution in [3.05, 3.63) is 58.1 Å². The molecule has 11 heteroatoms. The first-order valence-electron chi connectivity index (χ1n) is 11.8. The summed E-state index contributed by atoms with van der Waals surface area (Å²) in [4.78, 5) is 27.8. The molecule has 1 atom stereocenters. The van der Waals surface area contributed by atoms with E-state index < -0.39 is 21.6 Å². The molecular weight excluding hydrogens is 537 g/mol. The first-order chi connectivity index (χ1) is 17.1. The van der Waals surface area contributed by atoms with Crippen molar-refractivity contribution in [2.24, 2.45) is 0 Å². The Morgan fingerprint density at radius 1 is 1.08 bits per heavy atom. The highest BCUT2D eigenvalue weighted by Gasteiger charge is 2.29. The molecule has 0 saturated carbocycles. The number of amides is 2. The van der Waals surface area contributed by atoms with Crippen molar-refractivity contribution in [1.82, 2.24) is 10.2 Å². The van der Waals surface area contributed by atoms with Crippen LogP contribution in [0.4, 0.5) is 5.69 Å². The highest BCUT2D eigenvalue weighted by atomic mass is 35.5. The first kappa shape index (κ1) is 30.7. The molecule has 37 heavy (non-hydrogen) atoms. The minimum Gasteiger partial charge on any atom is -0.495 e. The second kappa shape index (κ2) is 12.8. The Bertz CT molecular complexity index is 1210. The van der Waals surface area contributed by atoms with Crippen molar-refractivity contribution < 1.29 is 22.7 Å². The zero-order valence-electron chi connectivity index (χ0n) is 22.0. The minimum atomic E-state index is -3.65. The molecule has 2 aromatic rings. The molecule has 2 aromatic carbocycles. The van der Waals surface area contributed by atoms with Gasteiger partial charge in [0.15, 0.2) is 0 Å². The molecule has 8 nitrogen and oxygen atoms in total. The largest absolute Gasteiger partial charge is 0.495 e. The van der Waals surface area contributed by atoms with E-state index in [1.54, 1.807) is 37.3 Å². The predicted molar refractivity (Wildman–Crippen MR) is 149 cm³/mol. The number of carbonyl (C=O) groups excluding carboxylic acids is 2. The van der Waals surface area contributed by atoms with E-state index in [2.05, 4.69) is 5.32 Å². The maximum absolute atomic E-state index is 13.4. The summed E-state index contributed by atoms with van der Waals surface area (Å²) < 4.78 is 31.3. The van der Waals surface area contributed by atoms with Gasteiger partial charge in [-0.1, -0.05) is 41.4 Å². The molecule has 0 fully saturated rings. The van der Waals surface area contributed by atoms with E-state index >= 15 is 0 Å². The van der Waals surface area contributed by atoms with Crippen LogP contribution >= 0.6 is 23.2 Å². The van der Waals surface area contributed by atoms with Crippen LogP contribution in [0.25, 0.3) is 0 Å². The lowest BCUT2D eigenvalue weighted by Gasteiger charge is -2.32. The molecule has 0 aliphatic rings. The molecular formula is C26H35Cl2N3O5S. The minimum absolute atomic E-state index is 0.0213. The monoisotopic (exact) mass is 571 g/mol. The SMILES string of the molecule is COc1ccc(N(CCCC(=O)N(Cc2ccccc2Cl)[C@H](C)C(=O)NC(C)(C)C)S(C)(=O)=O)cc1Cl. The number of nitrogens with one attached hydrogen (secondary N) is 1. The summed E-state index contributed by atoms with van der Waals surface area (Å²) in [5.41, 5.74) is 0.602. The molecule has 0 unspecified atom stereocenters. The molecule has 2 amide bonds. The third kappa shape index (κ3) is 9.09. The van der Waals surface area contributed by atoms with Gasteiger partial charge in [-0.3, -0.25) is 13.9 Å². The van der Waals surface area contributed by atoms with Gasteiger partial charge in [0.2, 0.25) is 21.8 Å². The molecule has 0 heterocycles. The topological polar surface area (TPSA) is 96.0 Å². The Labute approximate surface area is 229 Å². The summed E-state index contributed by atoms with van der Waals surface area (Å²) >= 11 is 12.5. The van der Waals surface area contributed by atoms with Crippen molar-refractivity contribution >= 4 is 50.7 Å². The van der Waals surface area contributed by atoms with Crippen molar-refractivity contribution in [3.8, 4) is 5.75 Å². The lowest BCUT2D eigenvalue weighted by atomic mass is 10.1. The van der Waals surface area contributed by atoms with E-state index in [1.807, 2.05) is 26.8 Å². The van der Waals surface area contributed by atoms with Crippen molar-refractivity contribution in [2.75, 3.05) is 24.2 Å². The number of ether oxygens (including phenoxy) is 1. The summed E-state index contributed by atoms with van der Waals surface area (Å²) in [6.07, 6.45) is 1.34. The lowest BCUT2D eigenvalue weighted by molar-refractivity contribution is -0.141. The summed E-state index contributed by atoms with van der Waals surface area (Å²) in [7, 11) is -2.18. The molecule has 0 radical (unpaired) electrons. The van der Waals surface area contributed by atoms with Crippen LogP contribution in [0.2, 0.25) is 10.0 Å². The number of hydrogen-bond donors (Lipinski definition) is 1. The molecule has 0 bridgehead atoms. The normalized spacial score (nSPS) is 12.5. The van der Waals surface area contributed by atoms with Crippen LogP contribution in [-0.2, 0) is 26.2 Å². The number of hydrogen-bond acceptors (Lipinski definition) is 5. The van der Waals surface area contributed by atoms with Gasteiger partial charge >= 0.3 is 0 Å². The van der Waals surface area contributed by atoms with Crippen LogP contribution in [0, 0.1) is 0 Å². The summed E-state index contributed by atoms with van der Waals surface area (Å²) in [6, 6.07) is 11.0. The standard InChI is InChI=1S/C26H35Cl2N3O5S/c1-18(25(33)29-26(2,3)4)30(17-19-10-7-8-11-21(19)27)24(32)12-9-15-31(37(6,34)35)20-13-14-23(36-5)22(28)16-20/h7-8,10-11,13-14,16,18H,9,12,15,17H2,1-6H3,(H,29,33)/t18-/m1/s1. The summed E-state index contributed by atoms with van der Waals surface area (Å²) in [5.74, 6) is -0.164. The number of nitrogens with zero attached hydrogens (tertiary/aromatic N) is 2. The Kier molecular flexibility index (Phi) is 10.7. The lowest BCUT2D eigenvalue weighted by Crippen LogP contribution is -2.52. The number of benzene rings is 2. The van der Waals surface area contributed by atoms with Crippen LogP contribution in [0.15, 0.2) is 42.5 Å². The van der Waals surface area contributed by atoms with Gasteiger partial charge < -0.3 is 15.0 Å². The Hall–Kier alpha value is -2.49. The fraction of sp³-hybridized carbons (Fsp3) is 0.462. The Balaban J connectivity index is 2.22. The average Bonchev–Trinajstić information content (AvgIpc) is 2.78. The second-order valence-electron chi connectivity index (χ2n) is 9.79. The van der Waals surface area contributed by atoms with E-state index in [-0.39, 0.29) is 42.8 Å². The fourth-order valence-corrected chi connectivity index (χ4v) is 5.09. The van der Waals surface area contributed by atoms with E-state index in [0.717, 1.165) is 6.26 Å². The van der Waals surface area contributed by atoms with E-state index in [9.17, 15) is 18.0 Å². The number of rotatable bonds is 11. The molecule has 1 N–H and O–H groups in total. The van der Waals surface area contributed by atoms with Crippen molar-refractivity contribution in [3.63, 3.8) is 0 Å². The highest BCUT2D eigenvalue weighted by Crippen LogP contribution is 2.30. The van der Waals surface area contributed by atoms with E-state index in [0.29, 0.717) is 22.0 Å². The Morgan fingerprint density at radius 3 is 2.27 bits per heavy atom. The third-order valence-electron chi connectivity index (χ3n) is 5.54. The van der Waals surface area contributed by atoms with Gasteiger partial charge in [0.25, 0.3) is 0 Å². The van der Waals surface area contributed by atoms with Crippen molar-refractivity contribution in [1.29, 1.82) is 0 Å². The summed E-state index contributed by atoms with van der Waals surface area (Å²) in [6.45, 7) is 7.45. The van der Waals surface area contributed by atoms with Crippen LogP contribution in [0.5, 0.6) is 5.75 Å². The number of methoxy groups -OCH3 is 1. The number of sulfonamides is 1. The molecule has 0 aliphatic carbocycles. The number of carbonyl (C=O) groups is 2. The van der Waals surface area contributed by atoms with Crippen LogP contribution in [-0.4, -0.2) is 56.6 Å². The Morgan fingerprint density at radius 2 is 1.73 bits per heavy atom. The van der Waals surface area contributed by atoms with Crippen LogP contribution in [0.3, 0.4) is 0 Å². The fourth-order valence-electron chi connectivity index (χ4n) is 3.68. The zero-order valence-corrected chi connectivity index (χ0v) is 24.4. The maximum atomic E-state index is 13.4. The number of anilines is 1. The molecule has 2 rings (SSSR count). The zero-order chi connectivity index (χ0) is 28.0. The maximum Gasteiger partial charge on any atom is 0.242 e. The van der Waals surface area contributed by atoms with Crippen LogP contribution < -0.4 is 14.4 Å². The van der Waals surface area contributed by atoms with Gasteiger partial charge in [-0.05, 0) is 63.9 Å². The van der Waals surface area contributed by atoms with Gasteiger partial charge in [-0.15, -0.1) is 0 Å². The predicted octanol–water partition coefficient (Wildman–Crippen LogP) is 4.88. The smallest absolute Gasteiger partial charge is 0.242 e. The second-order valence-corrected chi connectivity index (χ2v) is 12.5. The quantitative estimate of drug-likeness (QED) is 0.414. The van der Waals surface area contributed by atoms with Gasteiger partial charge in [0.05, 0.1) is 24.1 Å². The van der Waals surface area contributed by atoms with Gasteiger partial charge in [0, 0.05) is 30.1 Å². The number of halogens is 2. The first-order valence-corrected chi connectivity index (χ1v) is 14.4. The average molecular weight is 573 g/mol. The van der Waals surface area contributed by atoms with Gasteiger partial charge in [-0.2, -0.15) is 0 Å². The summed E-state index contributed by atoms with van der Waals surface area (Å²) in [5, 5.41) is 3.67. The van der Waals surface area contributed by atoms with E-state index in [4.69, 9.17) is 27.9 Å². The molecule has 0 aromatic heterocycles. The van der Waals surface area contributed by atoms with E-state index in [1.165, 1.54) is 22.4 Å². The molecule has 0 saturated heterocycles. The van der Waals surface area contributed by atoms with Crippen LogP contribution in [0.1, 0.15) is 46.1 Å². The molecule has 0 aliphatic heterocycles. The van der Waals surface area contributed by atoms with Crippen molar-refractivity contribution in [2.45, 2.75) is 58.7 Å². The molecule has 0 spiro atoms. The molecule has 204 valence electrons. The highest BCUT2D eigenvalue weighted by molar-refractivity contribution is 7.92. The van der Waals surface area contributed by atoms with Gasteiger partial charge in [-0.25, -0.2) is 8.42 Å². The van der Waals surface area contributed by atoms with Gasteiger partial charge in [0.1, 0.15) is 11.8 Å². The third-order valence-corrected chi connectivity index (χ3v) is 7.40.